The molecule has 1 aliphatic heterocycles. The Bertz CT molecular complexity index is 257. The number of nitrogens with zero attached hydrogens (tertiary/aromatic N) is 2. The molecule has 0 spiro atoms. The average Bonchev–Trinajstić information content (AvgIpc) is 2.33. The molecule has 1 fully saturated rings. The van der Waals surface area contributed by atoms with Crippen LogP contribution in [0.3, 0.4) is 0 Å². The van der Waals surface area contributed by atoms with Crippen molar-refractivity contribution in [3.05, 3.63) is 0 Å². The van der Waals surface area contributed by atoms with E-state index in [-0.39, 0.29) is 18.4 Å². The Kier molecular flexibility index (Phi) is 4.57. The molecule has 1 unspecified atom stereocenters. The van der Waals surface area contributed by atoms with Gasteiger partial charge in [0.1, 0.15) is 0 Å². The largest absolute Gasteiger partial charge is 0.341 e. The molecule has 1 N–H and O–H groups in total. The number of hydrogen-bond acceptors (Lipinski definition) is 3. The Labute approximate surface area is 91.2 Å². The van der Waals surface area contributed by atoms with Crippen molar-refractivity contribution < 1.29 is 4.79 Å². The Balaban J connectivity index is 2.62. The third-order valence-electron chi connectivity index (χ3n) is 2.49. The van der Waals surface area contributed by atoms with Gasteiger partial charge < -0.3 is 10.2 Å². The topological polar surface area (TPSA) is 56.1 Å². The monoisotopic (exact) mass is 209 g/mol. The SMILES string of the molecule is CC(C)CN1CCCNC(CC#N)C1=O. The van der Waals surface area contributed by atoms with Crippen LogP contribution in [0.5, 0.6) is 0 Å². The summed E-state index contributed by atoms with van der Waals surface area (Å²) in [5, 5.41) is 11.8. The summed E-state index contributed by atoms with van der Waals surface area (Å²) in [4.78, 5) is 13.9. The first-order chi connectivity index (χ1) is 7.15. The van der Waals surface area contributed by atoms with Crippen LogP contribution in [0.15, 0.2) is 0 Å². The summed E-state index contributed by atoms with van der Waals surface area (Å²) in [7, 11) is 0. The molecule has 0 bridgehead atoms. The van der Waals surface area contributed by atoms with Crippen molar-refractivity contribution in [2.45, 2.75) is 32.7 Å². The minimum absolute atomic E-state index is 0.0859. The zero-order valence-corrected chi connectivity index (χ0v) is 9.49. The van der Waals surface area contributed by atoms with E-state index in [1.165, 1.54) is 0 Å². The molecule has 1 aliphatic rings. The highest BCUT2D eigenvalue weighted by molar-refractivity contribution is 5.82. The van der Waals surface area contributed by atoms with Crippen molar-refractivity contribution in [1.82, 2.24) is 10.2 Å². The summed E-state index contributed by atoms with van der Waals surface area (Å²) in [5.74, 6) is 0.567. The summed E-state index contributed by atoms with van der Waals surface area (Å²) >= 11 is 0. The normalized spacial score (nSPS) is 22.7. The number of nitrogens with one attached hydrogen (secondary N) is 1. The second-order valence-corrected chi connectivity index (χ2v) is 4.40. The zero-order chi connectivity index (χ0) is 11.3. The fourth-order valence-corrected chi connectivity index (χ4v) is 1.84. The maximum atomic E-state index is 12.0. The molecule has 0 aromatic rings. The lowest BCUT2D eigenvalue weighted by Gasteiger charge is -2.24. The molecular weight excluding hydrogens is 190 g/mol. The molecule has 1 amide bonds. The van der Waals surface area contributed by atoms with Crippen LogP contribution in [0.25, 0.3) is 0 Å². The Morgan fingerprint density at radius 1 is 1.67 bits per heavy atom. The lowest BCUT2D eigenvalue weighted by Crippen LogP contribution is -2.44. The van der Waals surface area contributed by atoms with Gasteiger partial charge in [0.2, 0.25) is 5.91 Å². The minimum atomic E-state index is -0.295. The standard InChI is InChI=1S/C11H19N3O/c1-9(2)8-14-7-3-6-13-10(4-5-12)11(14)15/h9-10,13H,3-4,6-8H2,1-2H3. The number of nitriles is 1. The molecule has 1 atom stereocenters. The van der Waals surface area contributed by atoms with E-state index in [9.17, 15) is 4.79 Å². The summed E-state index contributed by atoms with van der Waals surface area (Å²) in [6, 6.07) is 1.76. The molecule has 1 heterocycles. The summed E-state index contributed by atoms with van der Waals surface area (Å²) in [6.45, 7) is 6.64. The number of rotatable bonds is 3. The molecule has 1 rings (SSSR count). The lowest BCUT2D eigenvalue weighted by atomic mass is 10.1. The van der Waals surface area contributed by atoms with E-state index in [0.717, 1.165) is 26.1 Å². The van der Waals surface area contributed by atoms with Crippen LogP contribution in [-0.4, -0.2) is 36.5 Å². The van der Waals surface area contributed by atoms with Crippen LogP contribution < -0.4 is 5.32 Å². The smallest absolute Gasteiger partial charge is 0.240 e. The van der Waals surface area contributed by atoms with Crippen molar-refractivity contribution >= 4 is 5.91 Å². The van der Waals surface area contributed by atoms with Gasteiger partial charge in [-0.2, -0.15) is 5.26 Å². The van der Waals surface area contributed by atoms with E-state index >= 15 is 0 Å². The molecule has 4 nitrogen and oxygen atoms in total. The van der Waals surface area contributed by atoms with Crippen LogP contribution in [0.2, 0.25) is 0 Å². The minimum Gasteiger partial charge on any atom is -0.341 e. The lowest BCUT2D eigenvalue weighted by molar-refractivity contribution is -0.133. The highest BCUT2D eigenvalue weighted by Crippen LogP contribution is 2.08. The van der Waals surface area contributed by atoms with Gasteiger partial charge in [0, 0.05) is 13.1 Å². The number of carbonyl (C=O) groups is 1. The fourth-order valence-electron chi connectivity index (χ4n) is 1.84. The second-order valence-electron chi connectivity index (χ2n) is 4.40. The van der Waals surface area contributed by atoms with Gasteiger partial charge in [-0.25, -0.2) is 0 Å². The van der Waals surface area contributed by atoms with Gasteiger partial charge in [-0.1, -0.05) is 13.8 Å². The van der Waals surface area contributed by atoms with Crippen molar-refractivity contribution in [1.29, 1.82) is 5.26 Å². The first kappa shape index (κ1) is 12.0. The van der Waals surface area contributed by atoms with Crippen LogP contribution in [-0.2, 0) is 4.79 Å². The van der Waals surface area contributed by atoms with Gasteiger partial charge in [0.05, 0.1) is 18.5 Å². The van der Waals surface area contributed by atoms with Gasteiger partial charge in [-0.05, 0) is 18.9 Å². The molecule has 0 aromatic carbocycles. The Hall–Kier alpha value is -1.08. The maximum absolute atomic E-state index is 12.0. The summed E-state index contributed by atoms with van der Waals surface area (Å²) < 4.78 is 0. The van der Waals surface area contributed by atoms with Gasteiger partial charge >= 0.3 is 0 Å². The summed E-state index contributed by atoms with van der Waals surface area (Å²) in [5.41, 5.74) is 0. The van der Waals surface area contributed by atoms with E-state index in [1.807, 2.05) is 4.90 Å². The third kappa shape index (κ3) is 3.52. The van der Waals surface area contributed by atoms with Crippen LogP contribution in [0.4, 0.5) is 0 Å². The average molecular weight is 209 g/mol. The maximum Gasteiger partial charge on any atom is 0.240 e. The first-order valence-electron chi connectivity index (χ1n) is 5.54. The Morgan fingerprint density at radius 2 is 2.40 bits per heavy atom. The number of hydrogen-bond donors (Lipinski definition) is 1. The predicted molar refractivity (Wildman–Crippen MR) is 58.1 cm³/mol. The van der Waals surface area contributed by atoms with E-state index in [0.29, 0.717) is 5.92 Å². The molecule has 0 saturated carbocycles. The molecule has 0 radical (unpaired) electrons. The van der Waals surface area contributed by atoms with Crippen LogP contribution in [0.1, 0.15) is 26.7 Å². The van der Waals surface area contributed by atoms with E-state index in [2.05, 4.69) is 25.2 Å². The van der Waals surface area contributed by atoms with Crippen molar-refractivity contribution in [3.8, 4) is 6.07 Å². The van der Waals surface area contributed by atoms with Crippen LogP contribution >= 0.6 is 0 Å². The van der Waals surface area contributed by atoms with Crippen molar-refractivity contribution in [3.63, 3.8) is 0 Å². The molecule has 4 heteroatoms. The molecule has 1 saturated heterocycles. The Morgan fingerprint density at radius 3 is 3.00 bits per heavy atom. The quantitative estimate of drug-likeness (QED) is 0.746. The van der Waals surface area contributed by atoms with Crippen molar-refractivity contribution in [2.24, 2.45) is 5.92 Å². The van der Waals surface area contributed by atoms with Gasteiger partial charge in [0.25, 0.3) is 0 Å². The fraction of sp³-hybridized carbons (Fsp3) is 0.818. The molecule has 0 aliphatic carbocycles. The van der Waals surface area contributed by atoms with E-state index in [4.69, 9.17) is 5.26 Å². The third-order valence-corrected chi connectivity index (χ3v) is 2.49. The molecule has 0 aromatic heterocycles. The molecule has 15 heavy (non-hydrogen) atoms. The van der Waals surface area contributed by atoms with E-state index in [1.54, 1.807) is 0 Å². The number of amides is 1. The van der Waals surface area contributed by atoms with Gasteiger partial charge in [0.15, 0.2) is 0 Å². The summed E-state index contributed by atoms with van der Waals surface area (Å²) in [6.07, 6.45) is 1.24. The highest BCUT2D eigenvalue weighted by atomic mass is 16.2. The second kappa shape index (κ2) is 5.72. The van der Waals surface area contributed by atoms with Gasteiger partial charge in [-0.3, -0.25) is 4.79 Å². The van der Waals surface area contributed by atoms with Gasteiger partial charge in [-0.15, -0.1) is 0 Å². The zero-order valence-electron chi connectivity index (χ0n) is 9.49. The van der Waals surface area contributed by atoms with Crippen molar-refractivity contribution in [2.75, 3.05) is 19.6 Å². The molecule has 84 valence electrons. The highest BCUT2D eigenvalue weighted by Gasteiger charge is 2.26. The van der Waals surface area contributed by atoms with Crippen LogP contribution in [0, 0.1) is 17.2 Å². The molecular formula is C11H19N3O. The van der Waals surface area contributed by atoms with E-state index < -0.39 is 0 Å². The first-order valence-corrected chi connectivity index (χ1v) is 5.54. The number of carbonyl (C=O) groups excluding carboxylic acids is 1. The predicted octanol–water partition coefficient (Wildman–Crippen LogP) is 0.747.